The number of nitrogens with zero attached hydrogens (tertiary/aromatic N) is 3. The van der Waals surface area contributed by atoms with Crippen molar-refractivity contribution in [3.8, 4) is 11.3 Å². The van der Waals surface area contributed by atoms with Gasteiger partial charge in [0.15, 0.2) is 0 Å². The maximum atomic E-state index is 12.0. The summed E-state index contributed by atoms with van der Waals surface area (Å²) in [5.41, 5.74) is 1.43. The Morgan fingerprint density at radius 2 is 1.86 bits per heavy atom. The first-order chi connectivity index (χ1) is 10.6. The lowest BCUT2D eigenvalue weighted by Crippen LogP contribution is -2.45. The molecule has 0 spiro atoms. The van der Waals surface area contributed by atoms with Gasteiger partial charge < -0.3 is 5.32 Å². The molecule has 1 aromatic heterocycles. The number of halogens is 2. The lowest BCUT2D eigenvalue weighted by atomic mass is 10.1. The Balaban J connectivity index is 1.88. The molecule has 116 valence electrons. The standard InChI is InChI=1S/C15H16Cl2N4O/c16-12-2-1-11(9-13(12)17)14-3-4-15(22)21(19-14)10-20-7-5-18-6-8-20/h1-4,9,18H,5-8,10H2. The van der Waals surface area contributed by atoms with Crippen LogP contribution in [0.25, 0.3) is 11.3 Å². The molecule has 1 aromatic carbocycles. The summed E-state index contributed by atoms with van der Waals surface area (Å²) in [7, 11) is 0. The molecule has 1 saturated heterocycles. The molecule has 5 nitrogen and oxygen atoms in total. The van der Waals surface area contributed by atoms with E-state index in [4.69, 9.17) is 23.2 Å². The van der Waals surface area contributed by atoms with Crippen molar-refractivity contribution in [1.82, 2.24) is 20.0 Å². The number of hydrogen-bond donors (Lipinski definition) is 1. The molecule has 0 amide bonds. The van der Waals surface area contributed by atoms with E-state index in [2.05, 4.69) is 15.3 Å². The molecule has 0 radical (unpaired) electrons. The monoisotopic (exact) mass is 338 g/mol. The van der Waals surface area contributed by atoms with Gasteiger partial charge in [0.1, 0.15) is 0 Å². The molecule has 1 N–H and O–H groups in total. The highest BCUT2D eigenvalue weighted by atomic mass is 35.5. The van der Waals surface area contributed by atoms with Gasteiger partial charge in [-0.05, 0) is 18.2 Å². The molecule has 0 unspecified atom stereocenters. The first-order valence-corrected chi connectivity index (χ1v) is 7.86. The molecule has 0 bridgehead atoms. The fourth-order valence-corrected chi connectivity index (χ4v) is 2.70. The third-order valence-corrected chi connectivity index (χ3v) is 4.36. The van der Waals surface area contributed by atoms with E-state index in [0.29, 0.717) is 22.4 Å². The summed E-state index contributed by atoms with van der Waals surface area (Å²) in [6, 6.07) is 8.57. The maximum Gasteiger partial charge on any atom is 0.268 e. The summed E-state index contributed by atoms with van der Waals surface area (Å²) < 4.78 is 1.49. The van der Waals surface area contributed by atoms with Gasteiger partial charge in [0, 0.05) is 37.8 Å². The molecule has 1 fully saturated rings. The fourth-order valence-electron chi connectivity index (χ4n) is 2.40. The van der Waals surface area contributed by atoms with Crippen molar-refractivity contribution in [2.24, 2.45) is 0 Å². The zero-order valence-electron chi connectivity index (χ0n) is 11.9. The number of benzene rings is 1. The summed E-state index contributed by atoms with van der Waals surface area (Å²) in [5.74, 6) is 0. The van der Waals surface area contributed by atoms with Crippen LogP contribution in [0, 0.1) is 0 Å². The van der Waals surface area contributed by atoms with E-state index in [1.807, 2.05) is 6.07 Å². The van der Waals surface area contributed by atoms with Crippen molar-refractivity contribution >= 4 is 23.2 Å². The molecule has 2 heterocycles. The SMILES string of the molecule is O=c1ccc(-c2ccc(Cl)c(Cl)c2)nn1CN1CCNCC1. The molecular formula is C15H16Cl2N4O. The van der Waals surface area contributed by atoms with Gasteiger partial charge in [0.2, 0.25) is 0 Å². The predicted octanol–water partition coefficient (Wildman–Crippen LogP) is 2.08. The minimum absolute atomic E-state index is 0.109. The van der Waals surface area contributed by atoms with Gasteiger partial charge in [0.25, 0.3) is 5.56 Å². The largest absolute Gasteiger partial charge is 0.314 e. The number of aromatic nitrogens is 2. The summed E-state index contributed by atoms with van der Waals surface area (Å²) in [6.45, 7) is 4.17. The zero-order valence-corrected chi connectivity index (χ0v) is 13.4. The second-order valence-corrected chi connectivity index (χ2v) is 6.01. The van der Waals surface area contributed by atoms with Crippen molar-refractivity contribution in [3.05, 3.63) is 50.7 Å². The second kappa shape index (κ2) is 6.79. The first kappa shape index (κ1) is 15.5. The molecule has 0 saturated carbocycles. The average molecular weight is 339 g/mol. The minimum Gasteiger partial charge on any atom is -0.314 e. The van der Waals surface area contributed by atoms with Crippen LogP contribution in [-0.4, -0.2) is 40.9 Å². The second-order valence-electron chi connectivity index (χ2n) is 5.19. The van der Waals surface area contributed by atoms with Gasteiger partial charge in [-0.3, -0.25) is 9.69 Å². The molecule has 1 aliphatic rings. The lowest BCUT2D eigenvalue weighted by Gasteiger charge is -2.27. The van der Waals surface area contributed by atoms with Crippen LogP contribution in [0.15, 0.2) is 35.1 Å². The number of piperazine rings is 1. The van der Waals surface area contributed by atoms with Gasteiger partial charge in [-0.25, -0.2) is 4.68 Å². The maximum absolute atomic E-state index is 12.0. The smallest absolute Gasteiger partial charge is 0.268 e. The summed E-state index contributed by atoms with van der Waals surface area (Å²) >= 11 is 12.0. The van der Waals surface area contributed by atoms with E-state index < -0.39 is 0 Å². The molecule has 2 aromatic rings. The van der Waals surface area contributed by atoms with E-state index >= 15 is 0 Å². The summed E-state index contributed by atoms with van der Waals surface area (Å²) in [4.78, 5) is 14.2. The lowest BCUT2D eigenvalue weighted by molar-refractivity contribution is 0.180. The van der Waals surface area contributed by atoms with Gasteiger partial charge in [-0.1, -0.05) is 29.3 Å². The topological polar surface area (TPSA) is 50.2 Å². The highest BCUT2D eigenvalue weighted by molar-refractivity contribution is 6.42. The van der Waals surface area contributed by atoms with Crippen molar-refractivity contribution < 1.29 is 0 Å². The molecule has 3 rings (SSSR count). The average Bonchev–Trinajstić information content (AvgIpc) is 2.53. The van der Waals surface area contributed by atoms with Crippen molar-refractivity contribution in [1.29, 1.82) is 0 Å². The van der Waals surface area contributed by atoms with Crippen LogP contribution in [0.1, 0.15) is 0 Å². The Morgan fingerprint density at radius 3 is 2.59 bits per heavy atom. The van der Waals surface area contributed by atoms with Crippen LogP contribution in [-0.2, 0) is 6.67 Å². The van der Waals surface area contributed by atoms with E-state index in [0.717, 1.165) is 31.7 Å². The third kappa shape index (κ3) is 3.50. The molecule has 7 heteroatoms. The van der Waals surface area contributed by atoms with Crippen molar-refractivity contribution in [3.63, 3.8) is 0 Å². The van der Waals surface area contributed by atoms with Crippen LogP contribution >= 0.6 is 23.2 Å². The predicted molar refractivity (Wildman–Crippen MR) is 88.4 cm³/mol. The molecular weight excluding hydrogens is 323 g/mol. The summed E-state index contributed by atoms with van der Waals surface area (Å²) in [6.07, 6.45) is 0. The van der Waals surface area contributed by atoms with Gasteiger partial charge in [-0.15, -0.1) is 0 Å². The van der Waals surface area contributed by atoms with Gasteiger partial charge >= 0.3 is 0 Å². The molecule has 22 heavy (non-hydrogen) atoms. The zero-order chi connectivity index (χ0) is 15.5. The molecule has 0 atom stereocenters. The molecule has 0 aliphatic carbocycles. The Hall–Kier alpha value is -1.40. The van der Waals surface area contributed by atoms with Crippen molar-refractivity contribution in [2.45, 2.75) is 6.67 Å². The van der Waals surface area contributed by atoms with Crippen LogP contribution in [0.4, 0.5) is 0 Å². The highest BCUT2D eigenvalue weighted by Gasteiger charge is 2.12. The van der Waals surface area contributed by atoms with Gasteiger partial charge in [-0.2, -0.15) is 5.10 Å². The molecule has 1 aliphatic heterocycles. The normalized spacial score (nSPS) is 15.9. The number of hydrogen-bond acceptors (Lipinski definition) is 4. The third-order valence-electron chi connectivity index (χ3n) is 3.63. The Morgan fingerprint density at radius 1 is 1.09 bits per heavy atom. The number of nitrogens with one attached hydrogen (secondary N) is 1. The Kier molecular flexibility index (Phi) is 4.78. The first-order valence-electron chi connectivity index (χ1n) is 7.10. The van der Waals surface area contributed by atoms with E-state index in [1.54, 1.807) is 18.2 Å². The Bertz CT molecular complexity index is 726. The summed E-state index contributed by atoms with van der Waals surface area (Å²) in [5, 5.41) is 8.71. The Labute approximate surface area is 138 Å². The van der Waals surface area contributed by atoms with Crippen molar-refractivity contribution in [2.75, 3.05) is 26.2 Å². The highest BCUT2D eigenvalue weighted by Crippen LogP contribution is 2.27. The van der Waals surface area contributed by atoms with Crippen LogP contribution in [0.5, 0.6) is 0 Å². The van der Waals surface area contributed by atoms with Gasteiger partial charge in [0.05, 0.1) is 22.4 Å². The fraction of sp³-hybridized carbons (Fsp3) is 0.333. The number of rotatable bonds is 3. The van der Waals surface area contributed by atoms with Crippen LogP contribution in [0.3, 0.4) is 0 Å². The van der Waals surface area contributed by atoms with E-state index in [1.165, 1.54) is 10.7 Å². The van der Waals surface area contributed by atoms with Crippen LogP contribution < -0.4 is 10.9 Å². The quantitative estimate of drug-likeness (QED) is 0.930. The van der Waals surface area contributed by atoms with E-state index in [-0.39, 0.29) is 5.56 Å². The van der Waals surface area contributed by atoms with Crippen LogP contribution in [0.2, 0.25) is 10.0 Å². The minimum atomic E-state index is -0.109. The van der Waals surface area contributed by atoms with E-state index in [9.17, 15) is 4.79 Å².